The van der Waals surface area contributed by atoms with Gasteiger partial charge in [-0.1, -0.05) is 12.1 Å². The Morgan fingerprint density at radius 1 is 1.16 bits per heavy atom. The third-order valence-electron chi connectivity index (χ3n) is 6.39. The zero-order chi connectivity index (χ0) is 23.0. The first-order chi connectivity index (χ1) is 15.3. The molecular formula is C24H28FN3O4. The fraction of sp³-hybridized carbons (Fsp3) is 0.417. The molecular weight excluding hydrogens is 413 g/mol. The average Bonchev–Trinajstić information content (AvgIpc) is 3.18. The maximum Gasteiger partial charge on any atom is 0.295 e. The number of aryl methyl sites for hydroxylation is 2. The van der Waals surface area contributed by atoms with Crippen molar-refractivity contribution in [2.75, 3.05) is 39.4 Å². The van der Waals surface area contributed by atoms with Gasteiger partial charge in [-0.15, -0.1) is 0 Å². The summed E-state index contributed by atoms with van der Waals surface area (Å²) in [6.45, 7) is 9.11. The number of aliphatic hydroxyl groups is 1. The van der Waals surface area contributed by atoms with Crippen LogP contribution < -0.4 is 0 Å². The van der Waals surface area contributed by atoms with E-state index < -0.39 is 23.5 Å². The Balaban J connectivity index is 1.79. The highest BCUT2D eigenvalue weighted by atomic mass is 19.1. The van der Waals surface area contributed by atoms with Gasteiger partial charge in [0, 0.05) is 43.1 Å². The molecule has 1 aromatic heterocycles. The van der Waals surface area contributed by atoms with Gasteiger partial charge >= 0.3 is 0 Å². The average molecular weight is 442 g/mol. The van der Waals surface area contributed by atoms with Crippen LogP contribution in [0.1, 0.15) is 34.1 Å². The van der Waals surface area contributed by atoms with Crippen LogP contribution in [0.2, 0.25) is 0 Å². The first kappa shape index (κ1) is 22.2. The number of hydrogen-bond acceptors (Lipinski definition) is 5. The van der Waals surface area contributed by atoms with Gasteiger partial charge in [-0.2, -0.15) is 0 Å². The molecule has 7 nitrogen and oxygen atoms in total. The molecule has 1 aromatic carbocycles. The largest absolute Gasteiger partial charge is 0.507 e. The van der Waals surface area contributed by atoms with Crippen LogP contribution in [0, 0.1) is 26.6 Å². The van der Waals surface area contributed by atoms with Crippen LogP contribution in [0.3, 0.4) is 0 Å². The van der Waals surface area contributed by atoms with Gasteiger partial charge in [-0.25, -0.2) is 4.39 Å². The second kappa shape index (κ2) is 8.88. The number of H-pyrrole nitrogens is 1. The molecule has 2 aliphatic rings. The normalized spacial score (nSPS) is 21.5. The van der Waals surface area contributed by atoms with E-state index in [0.717, 1.165) is 24.3 Å². The first-order valence-electron chi connectivity index (χ1n) is 10.8. The van der Waals surface area contributed by atoms with E-state index >= 15 is 0 Å². The molecule has 0 spiro atoms. The lowest BCUT2D eigenvalue weighted by Gasteiger charge is -2.31. The first-order valence-corrected chi connectivity index (χ1v) is 10.8. The molecule has 2 fully saturated rings. The maximum absolute atomic E-state index is 14.1. The monoisotopic (exact) mass is 441 g/mol. The molecule has 0 saturated carbocycles. The molecule has 0 aliphatic carbocycles. The van der Waals surface area contributed by atoms with Gasteiger partial charge in [0.15, 0.2) is 0 Å². The zero-order valence-electron chi connectivity index (χ0n) is 18.6. The number of rotatable bonds is 5. The van der Waals surface area contributed by atoms with Gasteiger partial charge in [0.2, 0.25) is 0 Å². The molecule has 8 heteroatoms. The summed E-state index contributed by atoms with van der Waals surface area (Å²) >= 11 is 0. The van der Waals surface area contributed by atoms with Gasteiger partial charge in [0.1, 0.15) is 11.6 Å². The van der Waals surface area contributed by atoms with Crippen LogP contribution in [-0.2, 0) is 14.3 Å². The lowest BCUT2D eigenvalue weighted by atomic mass is 9.94. The number of likely N-dealkylation sites (tertiary alicyclic amines) is 1. The molecule has 1 amide bonds. The summed E-state index contributed by atoms with van der Waals surface area (Å²) in [7, 11) is 0. The second-order valence-corrected chi connectivity index (χ2v) is 8.38. The number of ether oxygens (including phenoxy) is 1. The van der Waals surface area contributed by atoms with Crippen LogP contribution in [0.4, 0.5) is 4.39 Å². The summed E-state index contributed by atoms with van der Waals surface area (Å²) in [5, 5.41) is 11.3. The number of aromatic nitrogens is 1. The van der Waals surface area contributed by atoms with Crippen molar-refractivity contribution < 1.29 is 23.8 Å². The van der Waals surface area contributed by atoms with E-state index in [9.17, 15) is 19.1 Å². The Morgan fingerprint density at radius 2 is 1.88 bits per heavy atom. The molecule has 1 atom stereocenters. The third kappa shape index (κ3) is 3.96. The number of nitrogens with zero attached hydrogens (tertiary/aromatic N) is 2. The minimum absolute atomic E-state index is 0.00669. The Morgan fingerprint density at radius 3 is 2.50 bits per heavy atom. The lowest BCUT2D eigenvalue weighted by molar-refractivity contribution is -0.140. The fourth-order valence-electron chi connectivity index (χ4n) is 4.60. The molecule has 32 heavy (non-hydrogen) atoms. The molecule has 0 radical (unpaired) electrons. The van der Waals surface area contributed by atoms with Gasteiger partial charge in [0.25, 0.3) is 11.7 Å². The summed E-state index contributed by atoms with van der Waals surface area (Å²) < 4.78 is 19.5. The van der Waals surface area contributed by atoms with Crippen molar-refractivity contribution in [1.82, 2.24) is 14.8 Å². The van der Waals surface area contributed by atoms with Gasteiger partial charge in [0.05, 0.1) is 24.8 Å². The quantitative estimate of drug-likeness (QED) is 0.423. The topological polar surface area (TPSA) is 85.9 Å². The predicted molar refractivity (Wildman–Crippen MR) is 118 cm³/mol. The van der Waals surface area contributed by atoms with E-state index in [4.69, 9.17) is 4.74 Å². The van der Waals surface area contributed by atoms with Crippen LogP contribution in [0.25, 0.3) is 5.76 Å². The number of aromatic amines is 1. The number of amides is 1. The highest BCUT2D eigenvalue weighted by Gasteiger charge is 2.46. The number of carbonyl (C=O) groups is 2. The second-order valence-electron chi connectivity index (χ2n) is 8.38. The zero-order valence-corrected chi connectivity index (χ0v) is 18.6. The maximum atomic E-state index is 14.1. The number of carbonyl (C=O) groups excluding carboxylic acids is 2. The molecule has 2 saturated heterocycles. The Bertz CT molecular complexity index is 1080. The number of hydrogen-bond donors (Lipinski definition) is 2. The van der Waals surface area contributed by atoms with Crippen molar-refractivity contribution in [3.05, 3.63) is 63.7 Å². The van der Waals surface area contributed by atoms with E-state index in [1.165, 1.54) is 17.0 Å². The highest BCUT2D eigenvalue weighted by Crippen LogP contribution is 2.40. The summed E-state index contributed by atoms with van der Waals surface area (Å²) in [6, 6.07) is 4.99. The van der Waals surface area contributed by atoms with Gasteiger partial charge in [-0.3, -0.25) is 14.5 Å². The van der Waals surface area contributed by atoms with Crippen LogP contribution in [0.5, 0.6) is 0 Å². The van der Waals surface area contributed by atoms with E-state index in [0.29, 0.717) is 36.6 Å². The Hall–Kier alpha value is -2.97. The van der Waals surface area contributed by atoms with Crippen molar-refractivity contribution in [3.8, 4) is 0 Å². The van der Waals surface area contributed by atoms with E-state index in [-0.39, 0.29) is 17.9 Å². The summed E-state index contributed by atoms with van der Waals surface area (Å²) in [5.41, 5.74) is 3.33. The molecule has 2 aliphatic heterocycles. The summed E-state index contributed by atoms with van der Waals surface area (Å²) in [5.74, 6) is -2.13. The van der Waals surface area contributed by atoms with Crippen molar-refractivity contribution in [2.45, 2.75) is 26.8 Å². The predicted octanol–water partition coefficient (Wildman–Crippen LogP) is 2.83. The number of halogens is 1. The molecule has 1 unspecified atom stereocenters. The van der Waals surface area contributed by atoms with Gasteiger partial charge in [-0.05, 0) is 44.0 Å². The van der Waals surface area contributed by atoms with Crippen molar-refractivity contribution in [2.24, 2.45) is 0 Å². The highest BCUT2D eigenvalue weighted by molar-refractivity contribution is 6.46. The summed E-state index contributed by atoms with van der Waals surface area (Å²) in [6.07, 6.45) is 0. The number of ketones is 1. The smallest absolute Gasteiger partial charge is 0.295 e. The minimum Gasteiger partial charge on any atom is -0.507 e. The van der Waals surface area contributed by atoms with Crippen LogP contribution >= 0.6 is 0 Å². The van der Waals surface area contributed by atoms with Crippen LogP contribution in [0.15, 0.2) is 29.8 Å². The van der Waals surface area contributed by atoms with Crippen molar-refractivity contribution >= 4 is 17.4 Å². The van der Waals surface area contributed by atoms with E-state index in [1.54, 1.807) is 19.1 Å². The lowest BCUT2D eigenvalue weighted by Crippen LogP contribution is -2.42. The molecule has 2 N–H and O–H groups in total. The molecule has 3 heterocycles. The molecule has 4 rings (SSSR count). The SMILES string of the molecule is Cc1[nH]c(C)c(/C(O)=C2\C(=O)C(=O)N(CCN3CCOCC3)C2c2cccc(F)c2)c1C. The summed E-state index contributed by atoms with van der Waals surface area (Å²) in [4.78, 5) is 33.0. The Labute approximate surface area is 186 Å². The molecule has 2 aromatic rings. The molecule has 170 valence electrons. The van der Waals surface area contributed by atoms with Crippen molar-refractivity contribution in [1.29, 1.82) is 0 Å². The van der Waals surface area contributed by atoms with E-state index in [2.05, 4.69) is 9.88 Å². The van der Waals surface area contributed by atoms with Gasteiger partial charge < -0.3 is 19.7 Å². The minimum atomic E-state index is -0.860. The van der Waals surface area contributed by atoms with Crippen molar-refractivity contribution in [3.63, 3.8) is 0 Å². The fourth-order valence-corrected chi connectivity index (χ4v) is 4.60. The van der Waals surface area contributed by atoms with Crippen LogP contribution in [-0.4, -0.2) is 71.0 Å². The third-order valence-corrected chi connectivity index (χ3v) is 6.39. The Kier molecular flexibility index (Phi) is 6.17. The number of aliphatic hydroxyl groups excluding tert-OH is 1. The number of Topliss-reactive ketones (excluding diaryl/α,β-unsaturated/α-hetero) is 1. The standard InChI is InChI=1S/C24H28FN3O4/c1-14-15(2)26-16(3)19(14)22(29)20-21(17-5-4-6-18(25)13-17)28(24(31)23(20)30)8-7-27-9-11-32-12-10-27/h4-6,13,21,26,29H,7-12H2,1-3H3/b22-20+. The number of benzene rings is 1. The van der Waals surface area contributed by atoms with E-state index in [1.807, 2.05) is 13.8 Å². The number of nitrogens with one attached hydrogen (secondary N) is 1. The molecule has 0 bridgehead atoms. The number of morpholine rings is 1.